The number of methoxy groups -OCH3 is 6. The first kappa shape index (κ1) is 66.7. The summed E-state index contributed by atoms with van der Waals surface area (Å²) in [6.07, 6.45) is -0.733. The SMILES string of the molecule is COC(=O)c1ccccc1COCC(CCC(=O)c1ccccc1C(=O)OC)(COCC(COC(=O)c1ccccc1C(=O)OC)(COC(=O)c1ccccc1C(=O)OC)COC(=O)c1ccccc1C(=O)OC)COC(=O)c1ccccc1C(=O)OC. The Morgan fingerprint density at radius 2 is 0.511 bits per heavy atom. The van der Waals surface area contributed by atoms with E-state index in [0.29, 0.717) is 5.56 Å². The summed E-state index contributed by atoms with van der Waals surface area (Å²) in [5.74, 6) is -10.2. The van der Waals surface area contributed by atoms with Crippen molar-refractivity contribution in [3.8, 4) is 0 Å². The van der Waals surface area contributed by atoms with Gasteiger partial charge < -0.3 is 56.8 Å². The molecule has 6 aromatic rings. The first-order valence-corrected chi connectivity index (χ1v) is 26.8. The van der Waals surface area contributed by atoms with E-state index < -0.39 is 129 Å². The lowest BCUT2D eigenvalue weighted by atomic mass is 9.83. The number of hydrogen-bond donors (Lipinski definition) is 0. The van der Waals surface area contributed by atoms with E-state index in [1.54, 1.807) is 18.2 Å². The third-order valence-corrected chi connectivity index (χ3v) is 13.7. The van der Waals surface area contributed by atoms with Crippen LogP contribution in [0.3, 0.4) is 0 Å². The Bertz CT molecular complexity index is 3290. The zero-order valence-corrected chi connectivity index (χ0v) is 48.8. The van der Waals surface area contributed by atoms with Crippen LogP contribution in [0.5, 0.6) is 0 Å². The van der Waals surface area contributed by atoms with E-state index in [1.165, 1.54) is 135 Å². The molecule has 23 heteroatoms. The monoisotopic (exact) mass is 1210 g/mol. The Kier molecular flexibility index (Phi) is 24.4. The van der Waals surface area contributed by atoms with Crippen LogP contribution < -0.4 is 0 Å². The molecule has 1 atom stereocenters. The molecule has 0 aromatic heterocycles. The smallest absolute Gasteiger partial charge is 0.339 e. The van der Waals surface area contributed by atoms with Crippen molar-refractivity contribution in [2.45, 2.75) is 19.4 Å². The van der Waals surface area contributed by atoms with Gasteiger partial charge in [-0.15, -0.1) is 0 Å². The van der Waals surface area contributed by atoms with E-state index in [4.69, 9.17) is 56.8 Å². The summed E-state index contributed by atoms with van der Waals surface area (Å²) in [6, 6.07) is 34.2. The number of esters is 10. The van der Waals surface area contributed by atoms with E-state index in [0.717, 1.165) is 35.5 Å². The molecule has 460 valence electrons. The summed E-state index contributed by atoms with van der Waals surface area (Å²) in [5.41, 5.74) is -5.25. The molecule has 1 unspecified atom stereocenters. The molecule has 0 heterocycles. The van der Waals surface area contributed by atoms with Gasteiger partial charge in [0.05, 0.1) is 136 Å². The van der Waals surface area contributed by atoms with E-state index in [1.807, 2.05) is 0 Å². The van der Waals surface area contributed by atoms with Gasteiger partial charge in [-0.1, -0.05) is 84.9 Å². The first-order chi connectivity index (χ1) is 42.4. The summed E-state index contributed by atoms with van der Waals surface area (Å²) in [4.78, 5) is 149. The maximum atomic E-state index is 14.4. The average Bonchev–Trinajstić information content (AvgIpc) is 3.71. The Hall–Kier alpha value is -10.4. The summed E-state index contributed by atoms with van der Waals surface area (Å²) < 4.78 is 66.4. The Balaban J connectivity index is 1.50. The minimum Gasteiger partial charge on any atom is -0.465 e. The van der Waals surface area contributed by atoms with Crippen LogP contribution in [0.1, 0.15) is 132 Å². The average molecular weight is 1210 g/mol. The third kappa shape index (κ3) is 17.2. The molecule has 0 bridgehead atoms. The van der Waals surface area contributed by atoms with Crippen molar-refractivity contribution in [1.82, 2.24) is 0 Å². The molecule has 0 fully saturated rings. The second-order valence-corrected chi connectivity index (χ2v) is 19.5. The van der Waals surface area contributed by atoms with Gasteiger partial charge in [-0.3, -0.25) is 4.79 Å². The van der Waals surface area contributed by atoms with Crippen LogP contribution in [0.4, 0.5) is 0 Å². The molecule has 23 nitrogen and oxygen atoms in total. The van der Waals surface area contributed by atoms with Crippen LogP contribution in [0.2, 0.25) is 0 Å². The molecule has 0 spiro atoms. The molecule has 6 rings (SSSR count). The number of Topliss-reactive ketones (excluding diaryl/α,β-unsaturated/α-hetero) is 1. The maximum absolute atomic E-state index is 14.4. The molecule has 0 aliphatic heterocycles. The third-order valence-electron chi connectivity index (χ3n) is 13.7. The van der Waals surface area contributed by atoms with Crippen LogP contribution in [0.15, 0.2) is 146 Å². The highest BCUT2D eigenvalue weighted by Crippen LogP contribution is 2.33. The van der Waals surface area contributed by atoms with Crippen LogP contribution in [0.25, 0.3) is 0 Å². The standard InChI is InChI=1S/C65H62O23/c1-77-54(67)42-20-8-7-19-41(42)33-83-34-64(32-31-53(66)43-21-9-10-22-44(43)55(68)78-2,37-85-60(73)49-27-15-11-23-45(49)56(69)79-3)35-84-36-65(38-86-61(74)50-28-16-12-24-46(50)57(70)80-4,39-87-62(75)51-29-17-13-25-47(51)58(71)81-5)40-88-63(76)52-30-18-14-26-48(52)59(72)82-6/h7-30H,31-40H2,1-6H3. The Morgan fingerprint density at radius 3 is 0.841 bits per heavy atom. The van der Waals surface area contributed by atoms with Crippen molar-refractivity contribution < 1.29 is 110 Å². The molecule has 0 radical (unpaired) electrons. The van der Waals surface area contributed by atoms with Gasteiger partial charge in [-0.05, 0) is 72.6 Å². The molecule has 88 heavy (non-hydrogen) atoms. The van der Waals surface area contributed by atoms with Crippen LogP contribution in [-0.4, -0.2) is 154 Å². The summed E-state index contributed by atoms with van der Waals surface area (Å²) >= 11 is 0. The molecule has 6 aromatic carbocycles. The minimum atomic E-state index is -2.06. The van der Waals surface area contributed by atoms with Gasteiger partial charge in [0.25, 0.3) is 0 Å². The molecule has 0 aliphatic carbocycles. The van der Waals surface area contributed by atoms with Crippen LogP contribution in [0, 0.1) is 10.8 Å². The van der Waals surface area contributed by atoms with E-state index >= 15 is 0 Å². The minimum absolute atomic E-state index is 0.0399. The number of ether oxygens (including phenoxy) is 12. The molecule has 0 aliphatic rings. The molecule has 0 N–H and O–H groups in total. The molecule has 0 amide bonds. The van der Waals surface area contributed by atoms with Gasteiger partial charge in [0.2, 0.25) is 0 Å². The molecule has 0 saturated heterocycles. The zero-order chi connectivity index (χ0) is 63.8. The predicted molar refractivity (Wildman–Crippen MR) is 307 cm³/mol. The van der Waals surface area contributed by atoms with Gasteiger partial charge in [-0.25, -0.2) is 47.9 Å². The van der Waals surface area contributed by atoms with Gasteiger partial charge in [0.15, 0.2) is 5.78 Å². The van der Waals surface area contributed by atoms with Crippen molar-refractivity contribution in [1.29, 1.82) is 0 Å². The van der Waals surface area contributed by atoms with E-state index in [-0.39, 0.29) is 74.2 Å². The number of carbonyl (C=O) groups is 11. The lowest BCUT2D eigenvalue weighted by Gasteiger charge is -2.36. The fourth-order valence-electron chi connectivity index (χ4n) is 8.92. The summed E-state index contributed by atoms with van der Waals surface area (Å²) in [5, 5.41) is 0. The van der Waals surface area contributed by atoms with Crippen LogP contribution in [-0.2, 0) is 63.4 Å². The van der Waals surface area contributed by atoms with Crippen molar-refractivity contribution in [2.24, 2.45) is 10.8 Å². The second kappa shape index (κ2) is 32.2. The molecule has 0 saturated carbocycles. The highest BCUT2D eigenvalue weighted by atomic mass is 16.6. The number of benzene rings is 6. The largest absolute Gasteiger partial charge is 0.465 e. The van der Waals surface area contributed by atoms with E-state index in [9.17, 15) is 52.7 Å². The highest BCUT2D eigenvalue weighted by molar-refractivity contribution is 6.07. The number of ketones is 1. The summed E-state index contributed by atoms with van der Waals surface area (Å²) in [6.45, 7) is -5.49. The van der Waals surface area contributed by atoms with Crippen LogP contribution >= 0.6 is 0 Å². The number of carbonyl (C=O) groups excluding carboxylic acids is 11. The quantitative estimate of drug-likeness (QED) is 0.0234. The molecular formula is C65H62O23. The predicted octanol–water partition coefficient (Wildman–Crippen LogP) is 8.00. The normalized spacial score (nSPS) is 11.5. The number of rotatable bonds is 30. The van der Waals surface area contributed by atoms with E-state index in [2.05, 4.69) is 0 Å². The first-order valence-electron chi connectivity index (χ1n) is 26.8. The fourth-order valence-corrected chi connectivity index (χ4v) is 8.92. The van der Waals surface area contributed by atoms with Gasteiger partial charge in [-0.2, -0.15) is 0 Å². The maximum Gasteiger partial charge on any atom is 0.339 e. The number of hydrogen-bond acceptors (Lipinski definition) is 23. The van der Waals surface area contributed by atoms with Gasteiger partial charge in [0.1, 0.15) is 26.4 Å². The van der Waals surface area contributed by atoms with Crippen molar-refractivity contribution >= 4 is 65.5 Å². The fraction of sp³-hybridized carbons (Fsp3) is 0.277. The Morgan fingerprint density at radius 1 is 0.273 bits per heavy atom. The zero-order valence-electron chi connectivity index (χ0n) is 48.8. The lowest BCUT2D eigenvalue weighted by Crippen LogP contribution is -2.46. The van der Waals surface area contributed by atoms with Crippen molar-refractivity contribution in [3.63, 3.8) is 0 Å². The van der Waals surface area contributed by atoms with Crippen molar-refractivity contribution in [2.75, 3.05) is 88.9 Å². The highest BCUT2D eigenvalue weighted by Gasteiger charge is 2.41. The molecular weight excluding hydrogens is 1150 g/mol. The lowest BCUT2D eigenvalue weighted by molar-refractivity contribution is -0.108. The Labute approximate surface area is 504 Å². The summed E-state index contributed by atoms with van der Waals surface area (Å²) in [7, 11) is 6.73. The second-order valence-electron chi connectivity index (χ2n) is 19.5. The topological polar surface area (TPSA) is 299 Å². The van der Waals surface area contributed by atoms with Crippen molar-refractivity contribution in [3.05, 3.63) is 212 Å². The van der Waals surface area contributed by atoms with Gasteiger partial charge in [0, 0.05) is 12.0 Å². The van der Waals surface area contributed by atoms with Gasteiger partial charge >= 0.3 is 59.7 Å².